The molecule has 1 aromatic heterocycles. The van der Waals surface area contributed by atoms with Gasteiger partial charge in [0.05, 0.1) is 36.5 Å². The first-order valence-electron chi connectivity index (χ1n) is 11.6. The van der Waals surface area contributed by atoms with Crippen LogP contribution in [-0.4, -0.2) is 40.4 Å². The number of nitrogens with one attached hydrogen (secondary N) is 4. The summed E-state index contributed by atoms with van der Waals surface area (Å²) in [4.78, 5) is 40.8. The number of carbonyl (C=O) groups is 3. The number of guanidine groups is 1. The molecule has 0 spiro atoms. The van der Waals surface area contributed by atoms with Gasteiger partial charge in [-0.3, -0.25) is 24.8 Å². The number of hydrogen-bond donors (Lipinski definition) is 6. The van der Waals surface area contributed by atoms with Crippen LogP contribution in [0.3, 0.4) is 0 Å². The van der Waals surface area contributed by atoms with E-state index in [4.69, 9.17) is 11.1 Å². The second-order valence-corrected chi connectivity index (χ2v) is 10.7. The number of hydrogen-bond acceptors (Lipinski definition) is 5. The van der Waals surface area contributed by atoms with E-state index < -0.39 is 23.8 Å². The number of aromatic nitrogens is 1. The summed E-state index contributed by atoms with van der Waals surface area (Å²) in [7, 11) is 0. The summed E-state index contributed by atoms with van der Waals surface area (Å²) >= 11 is 0. The third-order valence-corrected chi connectivity index (χ3v) is 5.49. The van der Waals surface area contributed by atoms with Crippen molar-refractivity contribution in [2.75, 3.05) is 11.9 Å². The molecule has 194 valence electrons. The van der Waals surface area contributed by atoms with Crippen LogP contribution in [0.2, 0.25) is 0 Å². The van der Waals surface area contributed by atoms with Crippen molar-refractivity contribution in [2.24, 2.45) is 5.73 Å². The van der Waals surface area contributed by atoms with Crippen molar-refractivity contribution >= 4 is 29.4 Å². The van der Waals surface area contributed by atoms with E-state index in [2.05, 4.69) is 68.5 Å². The Kier molecular flexibility index (Phi) is 8.80. The SMILES string of the molecule is CC(C)(C)c1cc([C@H](CC(=O)O)NC(=O)CNC(=O)c2cncc(NC(=N)N)c2)cc(C(C)(C)C)c1. The second kappa shape index (κ2) is 11.2. The lowest BCUT2D eigenvalue weighted by Crippen LogP contribution is -2.39. The van der Waals surface area contributed by atoms with E-state index in [9.17, 15) is 19.5 Å². The van der Waals surface area contributed by atoms with Crippen molar-refractivity contribution in [1.82, 2.24) is 15.6 Å². The van der Waals surface area contributed by atoms with Gasteiger partial charge in [-0.25, -0.2) is 0 Å². The normalized spacial score (nSPS) is 12.4. The van der Waals surface area contributed by atoms with Crippen LogP contribution in [0.5, 0.6) is 0 Å². The number of carboxylic acids is 1. The quantitative estimate of drug-likeness (QED) is 0.241. The molecule has 0 bridgehead atoms. The maximum Gasteiger partial charge on any atom is 0.305 e. The molecule has 2 rings (SSSR count). The lowest BCUT2D eigenvalue weighted by atomic mass is 9.78. The summed E-state index contributed by atoms with van der Waals surface area (Å²) in [6.07, 6.45) is 2.41. The Morgan fingerprint density at radius 2 is 1.58 bits per heavy atom. The topological polar surface area (TPSA) is 170 Å². The van der Waals surface area contributed by atoms with E-state index in [-0.39, 0.29) is 35.3 Å². The molecule has 7 N–H and O–H groups in total. The number of carbonyl (C=O) groups excluding carboxylic acids is 2. The molecule has 2 aromatic rings. The fraction of sp³-hybridized carbons (Fsp3) is 0.423. The van der Waals surface area contributed by atoms with Gasteiger partial charge in [-0.2, -0.15) is 0 Å². The molecule has 1 aromatic carbocycles. The molecule has 10 nitrogen and oxygen atoms in total. The van der Waals surface area contributed by atoms with Gasteiger partial charge in [0.2, 0.25) is 5.91 Å². The van der Waals surface area contributed by atoms with Crippen LogP contribution in [0.1, 0.15) is 81.1 Å². The highest BCUT2D eigenvalue weighted by molar-refractivity contribution is 5.98. The third kappa shape index (κ3) is 8.37. The Morgan fingerprint density at radius 1 is 1.00 bits per heavy atom. The highest BCUT2D eigenvalue weighted by Gasteiger charge is 2.25. The van der Waals surface area contributed by atoms with Crippen molar-refractivity contribution in [2.45, 2.75) is 64.8 Å². The molecular formula is C26H36N6O4. The average molecular weight is 497 g/mol. The second-order valence-electron chi connectivity index (χ2n) is 10.7. The maximum atomic E-state index is 12.7. The molecule has 0 saturated heterocycles. The fourth-order valence-corrected chi connectivity index (χ4v) is 3.44. The van der Waals surface area contributed by atoms with Crippen LogP contribution in [0.15, 0.2) is 36.7 Å². The van der Waals surface area contributed by atoms with Crippen LogP contribution in [0.25, 0.3) is 0 Å². The summed E-state index contributed by atoms with van der Waals surface area (Å²) < 4.78 is 0. The molecule has 2 amide bonds. The highest BCUT2D eigenvalue weighted by Crippen LogP contribution is 2.33. The van der Waals surface area contributed by atoms with E-state index in [1.54, 1.807) is 0 Å². The zero-order chi connectivity index (χ0) is 27.3. The fourth-order valence-electron chi connectivity index (χ4n) is 3.44. The number of aliphatic carboxylic acids is 1. The average Bonchev–Trinajstić information content (AvgIpc) is 2.75. The summed E-state index contributed by atoms with van der Waals surface area (Å²) in [5.74, 6) is -2.43. The number of benzene rings is 1. The number of rotatable bonds is 8. The maximum absolute atomic E-state index is 12.7. The molecule has 0 fully saturated rings. The molecule has 0 radical (unpaired) electrons. The predicted octanol–water partition coefficient (Wildman–Crippen LogP) is 3.04. The van der Waals surface area contributed by atoms with Gasteiger partial charge in [-0.05, 0) is 33.6 Å². The standard InChI is InChI=1S/C26H36N6O4/c1-25(2,3)17-7-15(8-18(10-17)26(4,5)6)20(11-22(34)35)32-21(33)14-30-23(36)16-9-19(13-29-12-16)31-24(27)28/h7-10,12-13,20H,11,14H2,1-6H3,(H,30,36)(H,32,33)(H,34,35)(H4,27,28,31)/t20-/m0/s1. The van der Waals surface area contributed by atoms with Gasteiger partial charge in [0, 0.05) is 6.20 Å². The highest BCUT2D eigenvalue weighted by atomic mass is 16.4. The Morgan fingerprint density at radius 3 is 2.08 bits per heavy atom. The molecule has 1 atom stereocenters. The van der Waals surface area contributed by atoms with Crippen LogP contribution < -0.4 is 21.7 Å². The van der Waals surface area contributed by atoms with E-state index in [0.717, 1.165) is 11.1 Å². The van der Waals surface area contributed by atoms with Gasteiger partial charge in [0.1, 0.15) is 0 Å². The molecule has 0 saturated carbocycles. The number of amides is 2. The van der Waals surface area contributed by atoms with E-state index in [1.165, 1.54) is 18.5 Å². The third-order valence-electron chi connectivity index (χ3n) is 5.49. The molecule has 0 unspecified atom stereocenters. The predicted molar refractivity (Wildman–Crippen MR) is 139 cm³/mol. The molecule has 0 aliphatic carbocycles. The summed E-state index contributed by atoms with van der Waals surface area (Å²) in [5, 5.41) is 24.6. The smallest absolute Gasteiger partial charge is 0.305 e. The Hall–Kier alpha value is -3.95. The minimum absolute atomic E-state index is 0.170. The van der Waals surface area contributed by atoms with E-state index in [0.29, 0.717) is 11.3 Å². The lowest BCUT2D eigenvalue weighted by Gasteiger charge is -2.28. The first-order valence-corrected chi connectivity index (χ1v) is 11.6. The van der Waals surface area contributed by atoms with Gasteiger partial charge < -0.3 is 26.8 Å². The number of nitrogens with zero attached hydrogens (tertiary/aromatic N) is 1. The molecular weight excluding hydrogens is 460 g/mol. The number of carboxylic acid groups (broad SMARTS) is 1. The van der Waals surface area contributed by atoms with Gasteiger partial charge in [0.25, 0.3) is 5.91 Å². The zero-order valence-electron chi connectivity index (χ0n) is 21.7. The number of pyridine rings is 1. The minimum atomic E-state index is -1.05. The molecule has 1 heterocycles. The molecule has 0 aliphatic rings. The summed E-state index contributed by atoms with van der Waals surface area (Å²) in [6, 6.07) is 6.65. The largest absolute Gasteiger partial charge is 0.481 e. The van der Waals surface area contributed by atoms with Crippen LogP contribution >= 0.6 is 0 Å². The Bertz CT molecular complexity index is 1120. The molecule has 36 heavy (non-hydrogen) atoms. The monoisotopic (exact) mass is 496 g/mol. The minimum Gasteiger partial charge on any atom is -0.481 e. The van der Waals surface area contributed by atoms with Crippen molar-refractivity contribution in [3.8, 4) is 0 Å². The van der Waals surface area contributed by atoms with Crippen molar-refractivity contribution in [3.05, 3.63) is 58.9 Å². The van der Waals surface area contributed by atoms with Gasteiger partial charge in [0.15, 0.2) is 5.96 Å². The lowest BCUT2D eigenvalue weighted by molar-refractivity contribution is -0.137. The summed E-state index contributed by atoms with van der Waals surface area (Å²) in [5.41, 5.74) is 8.23. The first kappa shape index (κ1) is 28.3. The van der Waals surface area contributed by atoms with Crippen LogP contribution in [0.4, 0.5) is 5.69 Å². The van der Waals surface area contributed by atoms with Crippen molar-refractivity contribution in [1.29, 1.82) is 5.41 Å². The van der Waals surface area contributed by atoms with Crippen molar-refractivity contribution < 1.29 is 19.5 Å². The molecule has 10 heteroatoms. The molecule has 0 aliphatic heterocycles. The van der Waals surface area contributed by atoms with Gasteiger partial charge >= 0.3 is 5.97 Å². The van der Waals surface area contributed by atoms with Crippen molar-refractivity contribution in [3.63, 3.8) is 0 Å². The van der Waals surface area contributed by atoms with Gasteiger partial charge in [-0.15, -0.1) is 0 Å². The summed E-state index contributed by atoms with van der Waals surface area (Å²) in [6.45, 7) is 12.1. The van der Waals surface area contributed by atoms with Crippen LogP contribution in [-0.2, 0) is 20.4 Å². The van der Waals surface area contributed by atoms with Crippen LogP contribution in [0, 0.1) is 5.41 Å². The van der Waals surface area contributed by atoms with E-state index in [1.807, 2.05) is 12.1 Å². The zero-order valence-corrected chi connectivity index (χ0v) is 21.7. The number of anilines is 1. The number of nitrogens with two attached hydrogens (primary N) is 1. The Balaban J connectivity index is 2.22. The Labute approximate surface area is 211 Å². The first-order chi connectivity index (χ1) is 16.6. The van der Waals surface area contributed by atoms with E-state index >= 15 is 0 Å². The van der Waals surface area contributed by atoms with Gasteiger partial charge in [-0.1, -0.05) is 59.7 Å².